The molecule has 1 aromatic carbocycles. The molecular formula is C20H27F3N6O. The van der Waals surface area contributed by atoms with Crippen LogP contribution >= 0.6 is 0 Å². The number of aromatic nitrogens is 4. The second-order valence-electron chi connectivity index (χ2n) is 8.29. The number of rotatable bonds is 5. The summed E-state index contributed by atoms with van der Waals surface area (Å²) in [5, 5.41) is 11.9. The molecule has 3 unspecified atom stereocenters. The predicted octanol–water partition coefficient (Wildman–Crippen LogP) is 2.75. The number of nitrogens with zero attached hydrogens (tertiary/aromatic N) is 6. The lowest BCUT2D eigenvalue weighted by atomic mass is 10.1. The number of alkyl halides is 3. The fraction of sp³-hybridized carbons (Fsp3) is 0.650. The van der Waals surface area contributed by atoms with Crippen molar-refractivity contribution in [1.82, 2.24) is 30.0 Å². The fourth-order valence-corrected chi connectivity index (χ4v) is 4.52. The molecule has 2 fully saturated rings. The zero-order valence-electron chi connectivity index (χ0n) is 17.2. The highest BCUT2D eigenvalue weighted by Gasteiger charge is 2.32. The van der Waals surface area contributed by atoms with Crippen molar-refractivity contribution in [3.63, 3.8) is 0 Å². The van der Waals surface area contributed by atoms with E-state index in [-0.39, 0.29) is 12.2 Å². The summed E-state index contributed by atoms with van der Waals surface area (Å²) in [5.41, 5.74) is -0.163. The maximum Gasteiger partial charge on any atom is 0.416 e. The summed E-state index contributed by atoms with van der Waals surface area (Å²) in [6, 6.07) is 5.32. The van der Waals surface area contributed by atoms with E-state index in [9.17, 15) is 13.2 Å². The Balaban J connectivity index is 1.44. The molecule has 2 aliphatic heterocycles. The first-order chi connectivity index (χ1) is 14.3. The third-order valence-electron chi connectivity index (χ3n) is 5.78. The van der Waals surface area contributed by atoms with Gasteiger partial charge in [0.25, 0.3) is 0 Å². The van der Waals surface area contributed by atoms with Gasteiger partial charge in [0, 0.05) is 25.7 Å². The topological polar surface area (TPSA) is 59.3 Å². The van der Waals surface area contributed by atoms with Crippen LogP contribution in [0.1, 0.15) is 38.1 Å². The van der Waals surface area contributed by atoms with Crippen molar-refractivity contribution >= 4 is 0 Å². The average molecular weight is 424 g/mol. The Morgan fingerprint density at radius 1 is 1.10 bits per heavy atom. The van der Waals surface area contributed by atoms with Gasteiger partial charge in [-0.1, -0.05) is 0 Å². The van der Waals surface area contributed by atoms with Crippen LogP contribution in [0.5, 0.6) is 0 Å². The first-order valence-electron chi connectivity index (χ1n) is 10.4. The molecule has 0 aliphatic carbocycles. The van der Waals surface area contributed by atoms with Gasteiger partial charge in [0.2, 0.25) is 0 Å². The monoisotopic (exact) mass is 424 g/mol. The standard InChI is InChI=1S/C20H27F3N6O/c1-14-10-27(11-15(2)30-14)12-18-4-3-9-28(18)13-19-24-25-26-29(19)17-7-5-16(6-8-17)20(21,22)23/h5-8,14-15,18H,3-4,9-13H2,1-2H3. The third-order valence-corrected chi connectivity index (χ3v) is 5.78. The van der Waals surface area contributed by atoms with Gasteiger partial charge in [-0.05, 0) is 67.9 Å². The van der Waals surface area contributed by atoms with Crippen LogP contribution in [0.15, 0.2) is 24.3 Å². The number of likely N-dealkylation sites (tertiary alicyclic amines) is 1. The van der Waals surface area contributed by atoms with Crippen LogP contribution in [0.4, 0.5) is 13.2 Å². The van der Waals surface area contributed by atoms with Gasteiger partial charge in [-0.3, -0.25) is 9.80 Å². The second kappa shape index (κ2) is 8.60. The number of tetrazole rings is 1. The highest BCUT2D eigenvalue weighted by Crippen LogP contribution is 2.30. The molecule has 3 atom stereocenters. The summed E-state index contributed by atoms with van der Waals surface area (Å²) < 4.78 is 45.8. The number of hydrogen-bond donors (Lipinski definition) is 0. The molecule has 4 rings (SSSR count). The van der Waals surface area contributed by atoms with Crippen molar-refractivity contribution in [1.29, 1.82) is 0 Å². The molecular weight excluding hydrogens is 397 g/mol. The molecule has 0 radical (unpaired) electrons. The fourth-order valence-electron chi connectivity index (χ4n) is 4.52. The minimum Gasteiger partial charge on any atom is -0.373 e. The molecule has 164 valence electrons. The van der Waals surface area contributed by atoms with E-state index < -0.39 is 11.7 Å². The summed E-state index contributed by atoms with van der Waals surface area (Å²) in [4.78, 5) is 4.83. The maximum atomic E-state index is 12.8. The van der Waals surface area contributed by atoms with Crippen LogP contribution in [-0.4, -0.2) is 74.4 Å². The molecule has 2 saturated heterocycles. The molecule has 3 heterocycles. The van der Waals surface area contributed by atoms with Crippen LogP contribution in [0.25, 0.3) is 5.69 Å². The van der Waals surface area contributed by atoms with Gasteiger partial charge in [0.05, 0.1) is 30.0 Å². The average Bonchev–Trinajstić information content (AvgIpc) is 3.30. The summed E-state index contributed by atoms with van der Waals surface area (Å²) in [6.45, 7) is 8.56. The zero-order chi connectivity index (χ0) is 21.3. The van der Waals surface area contributed by atoms with Crippen LogP contribution in [0, 0.1) is 0 Å². The number of hydrogen-bond acceptors (Lipinski definition) is 6. The zero-order valence-corrected chi connectivity index (χ0v) is 17.2. The summed E-state index contributed by atoms with van der Waals surface area (Å²) in [5.74, 6) is 0.630. The largest absolute Gasteiger partial charge is 0.416 e. The van der Waals surface area contributed by atoms with Gasteiger partial charge in [-0.15, -0.1) is 5.10 Å². The summed E-state index contributed by atoms with van der Waals surface area (Å²) in [7, 11) is 0. The smallest absolute Gasteiger partial charge is 0.373 e. The van der Waals surface area contributed by atoms with E-state index in [4.69, 9.17) is 4.74 Å². The molecule has 0 N–H and O–H groups in total. The van der Waals surface area contributed by atoms with Gasteiger partial charge in [-0.2, -0.15) is 17.9 Å². The Morgan fingerprint density at radius 3 is 2.47 bits per heavy atom. The molecule has 10 heteroatoms. The van der Waals surface area contributed by atoms with E-state index in [1.165, 1.54) is 16.8 Å². The number of halogens is 3. The molecule has 2 aliphatic rings. The second-order valence-corrected chi connectivity index (χ2v) is 8.29. The molecule has 7 nitrogen and oxygen atoms in total. The van der Waals surface area contributed by atoms with E-state index >= 15 is 0 Å². The first kappa shape index (κ1) is 21.2. The van der Waals surface area contributed by atoms with E-state index in [0.717, 1.165) is 51.2 Å². The Bertz CT molecular complexity index is 830. The van der Waals surface area contributed by atoms with E-state index in [1.54, 1.807) is 0 Å². The van der Waals surface area contributed by atoms with Crippen LogP contribution in [0.2, 0.25) is 0 Å². The Labute approximate surface area is 173 Å². The lowest BCUT2D eigenvalue weighted by molar-refractivity contribution is -0.137. The Kier molecular flexibility index (Phi) is 6.08. The van der Waals surface area contributed by atoms with Gasteiger partial charge in [0.15, 0.2) is 5.82 Å². The molecule has 1 aromatic heterocycles. The van der Waals surface area contributed by atoms with Crippen molar-refractivity contribution in [2.24, 2.45) is 0 Å². The van der Waals surface area contributed by atoms with Crippen LogP contribution < -0.4 is 0 Å². The third kappa shape index (κ3) is 4.81. The first-order valence-corrected chi connectivity index (χ1v) is 10.4. The van der Waals surface area contributed by atoms with Gasteiger partial charge in [-0.25, -0.2) is 0 Å². The van der Waals surface area contributed by atoms with Crippen molar-refractivity contribution < 1.29 is 17.9 Å². The minimum atomic E-state index is -4.36. The van der Waals surface area contributed by atoms with Crippen LogP contribution in [0.3, 0.4) is 0 Å². The van der Waals surface area contributed by atoms with Gasteiger partial charge < -0.3 is 4.74 Å². The molecule has 0 amide bonds. The van der Waals surface area contributed by atoms with Crippen molar-refractivity contribution in [3.8, 4) is 5.69 Å². The number of ether oxygens (including phenoxy) is 1. The SMILES string of the molecule is CC1CN(CC2CCCN2Cc2nnnn2-c2ccc(C(F)(F)F)cc2)CC(C)O1. The summed E-state index contributed by atoms with van der Waals surface area (Å²) in [6.07, 6.45) is -1.67. The lowest BCUT2D eigenvalue weighted by Crippen LogP contribution is -2.50. The lowest BCUT2D eigenvalue weighted by Gasteiger charge is -2.38. The van der Waals surface area contributed by atoms with Gasteiger partial charge in [0.1, 0.15) is 0 Å². The van der Waals surface area contributed by atoms with E-state index in [0.29, 0.717) is 24.1 Å². The highest BCUT2D eigenvalue weighted by atomic mass is 19.4. The molecule has 30 heavy (non-hydrogen) atoms. The quantitative estimate of drug-likeness (QED) is 0.736. The normalized spacial score (nSPS) is 26.4. The van der Waals surface area contributed by atoms with Gasteiger partial charge >= 0.3 is 6.18 Å². The maximum absolute atomic E-state index is 12.8. The minimum absolute atomic E-state index is 0.232. The van der Waals surface area contributed by atoms with E-state index in [1.807, 2.05) is 0 Å². The number of benzene rings is 1. The molecule has 0 spiro atoms. The van der Waals surface area contributed by atoms with Crippen molar-refractivity contribution in [3.05, 3.63) is 35.7 Å². The molecule has 0 saturated carbocycles. The highest BCUT2D eigenvalue weighted by molar-refractivity contribution is 5.35. The predicted molar refractivity (Wildman–Crippen MR) is 104 cm³/mol. The Hall–Kier alpha value is -2.04. The number of morpholine rings is 1. The van der Waals surface area contributed by atoms with Crippen LogP contribution in [-0.2, 0) is 17.5 Å². The van der Waals surface area contributed by atoms with E-state index in [2.05, 4.69) is 39.2 Å². The molecule has 2 aromatic rings. The Morgan fingerprint density at radius 2 is 1.80 bits per heavy atom. The van der Waals surface area contributed by atoms with Crippen molar-refractivity contribution in [2.45, 2.75) is 57.7 Å². The molecule has 0 bridgehead atoms. The van der Waals surface area contributed by atoms with Crippen molar-refractivity contribution in [2.75, 3.05) is 26.2 Å². The summed E-state index contributed by atoms with van der Waals surface area (Å²) >= 11 is 0.